The van der Waals surface area contributed by atoms with Gasteiger partial charge < -0.3 is 26.0 Å². The summed E-state index contributed by atoms with van der Waals surface area (Å²) in [7, 11) is 3.79. The second-order valence-corrected chi connectivity index (χ2v) is 18.9. The van der Waals surface area contributed by atoms with Crippen LogP contribution in [0.1, 0.15) is 105 Å². The minimum Gasteiger partial charge on any atom is -0.384 e. The van der Waals surface area contributed by atoms with Gasteiger partial charge in [0, 0.05) is 66.3 Å². The molecule has 3 aromatic carbocycles. The lowest BCUT2D eigenvalue weighted by Gasteiger charge is -2.63. The largest absolute Gasteiger partial charge is 0.384 e. The van der Waals surface area contributed by atoms with Crippen LogP contribution in [0.15, 0.2) is 78.2 Å². The Morgan fingerprint density at radius 1 is 1.00 bits per heavy atom. The van der Waals surface area contributed by atoms with Crippen LogP contribution in [0.3, 0.4) is 0 Å². The standard InChI is InChI=1S/C42H48F2N10S.C4H6.C2H6/c1-25-13-39(34(44)16-30(25)40(47)49-26(2)46)54-23-42(24-54)19-29(20-42)53-11-9-41(10-12-53)17-28(18-41)38-22-48-36-7-5-27(15-37(36)50-38)14-31-32(21-45)35(8-6-33(31)43)51-55-52(3)4;1-4-2-3-4;1-2/h5-8,13,15-16,22,28-29,51H,2,9-12,14,17-20,23-24,46H2,1,3-4H3,(H2,47,49);1-3H2;1-2H3. The van der Waals surface area contributed by atoms with Crippen molar-refractivity contribution >= 4 is 40.4 Å². The molecule has 3 heterocycles. The monoisotopic (exact) mass is 846 g/mol. The van der Waals surface area contributed by atoms with E-state index in [4.69, 9.17) is 21.4 Å². The second kappa shape index (κ2) is 18.1. The normalized spacial score (nSPS) is 19.2. The molecule has 322 valence electrons. The van der Waals surface area contributed by atoms with Crippen molar-refractivity contribution in [1.82, 2.24) is 19.2 Å². The number of fused-ring (bicyclic) bond motifs is 1. The zero-order valence-electron chi connectivity index (χ0n) is 36.3. The molecule has 61 heavy (non-hydrogen) atoms. The van der Waals surface area contributed by atoms with Crippen LogP contribution in [-0.2, 0) is 6.42 Å². The van der Waals surface area contributed by atoms with Gasteiger partial charge in [0.25, 0.3) is 0 Å². The number of aliphatic imine (C=N–C) groups is 1. The fraction of sp³-hybridized carbons (Fsp3) is 0.458. The molecule has 5 aliphatic rings. The summed E-state index contributed by atoms with van der Waals surface area (Å²) >= 11 is 1.34. The highest BCUT2D eigenvalue weighted by molar-refractivity contribution is 7.98. The molecular weight excluding hydrogens is 787 g/mol. The van der Waals surface area contributed by atoms with Crippen molar-refractivity contribution in [2.45, 2.75) is 90.5 Å². The van der Waals surface area contributed by atoms with Gasteiger partial charge in [-0.05, 0) is 138 Å². The van der Waals surface area contributed by atoms with Crippen molar-refractivity contribution in [3.05, 3.63) is 118 Å². The van der Waals surface area contributed by atoms with Crippen LogP contribution in [0.25, 0.3) is 11.0 Å². The zero-order valence-corrected chi connectivity index (χ0v) is 37.1. The van der Waals surface area contributed by atoms with E-state index in [9.17, 15) is 5.26 Å². The number of nitriles is 1. The Hall–Kier alpha value is -5.03. The molecule has 0 bridgehead atoms. The first-order valence-corrected chi connectivity index (χ1v) is 22.3. The average Bonchev–Trinajstić information content (AvgIpc) is 3.99. The lowest BCUT2D eigenvalue weighted by molar-refractivity contribution is -0.0626. The first-order chi connectivity index (χ1) is 29.2. The van der Waals surface area contributed by atoms with Gasteiger partial charge in [-0.25, -0.2) is 23.1 Å². The number of benzene rings is 3. The number of likely N-dealkylation sites (tertiary alicyclic amines) is 1. The van der Waals surface area contributed by atoms with Gasteiger partial charge in [0.15, 0.2) is 0 Å². The summed E-state index contributed by atoms with van der Waals surface area (Å²) in [5.74, 6) is -0.0235. The molecule has 9 rings (SSSR count). The molecule has 10 nitrogen and oxygen atoms in total. The predicted octanol–water partition coefficient (Wildman–Crippen LogP) is 9.34. The molecule has 0 unspecified atom stereocenters. The van der Waals surface area contributed by atoms with Gasteiger partial charge in [0.1, 0.15) is 29.4 Å². The van der Waals surface area contributed by atoms with Gasteiger partial charge in [-0.3, -0.25) is 4.98 Å². The molecule has 0 amide bonds. The average molecular weight is 847 g/mol. The van der Waals surface area contributed by atoms with Crippen LogP contribution in [0.4, 0.5) is 20.2 Å². The van der Waals surface area contributed by atoms with Gasteiger partial charge in [0.2, 0.25) is 0 Å². The molecule has 2 saturated heterocycles. The number of piperidine rings is 1. The third kappa shape index (κ3) is 9.72. The number of allylic oxidation sites excluding steroid dienone is 1. The van der Waals surface area contributed by atoms with E-state index in [1.807, 2.05) is 69.6 Å². The quantitative estimate of drug-likeness (QED) is 0.0614. The number of hydrogen-bond acceptors (Lipinski definition) is 10. The third-order valence-corrected chi connectivity index (χ3v) is 13.7. The molecular formula is C48H60F2N10S. The molecule has 13 heteroatoms. The number of rotatable bonds is 10. The first-order valence-electron chi connectivity index (χ1n) is 21.5. The third-order valence-electron chi connectivity index (χ3n) is 13.0. The number of halogens is 2. The van der Waals surface area contributed by atoms with Gasteiger partial charge >= 0.3 is 0 Å². The number of nitrogens with zero attached hydrogens (tertiary/aromatic N) is 7. The highest BCUT2D eigenvalue weighted by Crippen LogP contribution is 2.58. The molecule has 3 saturated carbocycles. The van der Waals surface area contributed by atoms with Crippen LogP contribution in [0.2, 0.25) is 0 Å². The van der Waals surface area contributed by atoms with Crippen molar-refractivity contribution in [2.24, 2.45) is 27.3 Å². The number of nitrogens with one attached hydrogen (secondary N) is 1. The molecule has 3 aliphatic carbocycles. The Morgan fingerprint density at radius 3 is 2.31 bits per heavy atom. The van der Waals surface area contributed by atoms with Crippen LogP contribution in [-0.4, -0.2) is 71.3 Å². The molecule has 0 atom stereocenters. The number of anilines is 2. The Morgan fingerprint density at radius 2 is 1.69 bits per heavy atom. The second-order valence-electron chi connectivity index (χ2n) is 17.8. The van der Waals surface area contributed by atoms with E-state index in [0.717, 1.165) is 66.9 Å². The Bertz CT molecular complexity index is 2350. The summed E-state index contributed by atoms with van der Waals surface area (Å²) < 4.78 is 35.3. The molecule has 0 radical (unpaired) electrons. The van der Waals surface area contributed by atoms with Gasteiger partial charge in [0.05, 0.1) is 33.7 Å². The smallest absolute Gasteiger partial charge is 0.147 e. The van der Waals surface area contributed by atoms with Gasteiger partial charge in [-0.2, -0.15) is 5.26 Å². The summed E-state index contributed by atoms with van der Waals surface area (Å²) in [6.45, 7) is 17.2. The van der Waals surface area contributed by atoms with Crippen LogP contribution in [0.5, 0.6) is 0 Å². The van der Waals surface area contributed by atoms with E-state index >= 15 is 8.78 Å². The van der Waals surface area contributed by atoms with Crippen LogP contribution < -0.4 is 21.1 Å². The number of nitrogens with two attached hydrogens (primary N) is 2. The van der Waals surface area contributed by atoms with Crippen molar-refractivity contribution in [3.63, 3.8) is 0 Å². The van der Waals surface area contributed by atoms with E-state index in [-0.39, 0.29) is 29.3 Å². The van der Waals surface area contributed by atoms with Gasteiger partial charge in [-0.15, -0.1) is 0 Å². The van der Waals surface area contributed by atoms with Crippen molar-refractivity contribution in [3.8, 4) is 6.07 Å². The zero-order chi connectivity index (χ0) is 43.6. The molecule has 5 N–H and O–H groups in total. The Labute approximate surface area is 364 Å². The number of aromatic nitrogens is 2. The van der Waals surface area contributed by atoms with E-state index in [1.165, 1.54) is 68.4 Å². The first kappa shape index (κ1) is 44.0. The molecule has 4 aromatic rings. The van der Waals surface area contributed by atoms with E-state index < -0.39 is 5.82 Å². The molecule has 2 spiro atoms. The lowest BCUT2D eigenvalue weighted by Crippen LogP contribution is -2.67. The maximum Gasteiger partial charge on any atom is 0.147 e. The SMILES string of the molecule is C=C(N)/N=C(\N)c1cc(F)c(N2CC3(CC(N4CCC5(CC4)CC(c4cnc6ccc(Cc7c(F)ccc(NSN(C)C)c7C#N)cc6n4)C5)C3)C2)cc1C.C=C1CC1.CC. The van der Waals surface area contributed by atoms with E-state index in [2.05, 4.69) is 38.7 Å². The van der Waals surface area contributed by atoms with Crippen molar-refractivity contribution in [1.29, 1.82) is 5.26 Å². The minimum absolute atomic E-state index is 0.0955. The fourth-order valence-electron chi connectivity index (χ4n) is 9.58. The van der Waals surface area contributed by atoms with E-state index in [1.54, 1.807) is 6.07 Å². The van der Waals surface area contributed by atoms with Gasteiger partial charge in [-0.1, -0.05) is 38.6 Å². The van der Waals surface area contributed by atoms with Crippen molar-refractivity contribution < 1.29 is 8.78 Å². The molecule has 2 aliphatic heterocycles. The highest BCUT2D eigenvalue weighted by atomic mass is 32.2. The van der Waals surface area contributed by atoms with Crippen LogP contribution in [0, 0.1) is 40.7 Å². The number of amidine groups is 1. The predicted molar refractivity (Wildman–Crippen MR) is 246 cm³/mol. The number of aryl methyl sites for hydroxylation is 1. The summed E-state index contributed by atoms with van der Waals surface area (Å²) in [5, 5.41) is 9.93. The topological polar surface area (TPSA) is 136 Å². The summed E-state index contributed by atoms with van der Waals surface area (Å²) in [6.07, 6.45) is 11.8. The Kier molecular flexibility index (Phi) is 13.1. The maximum atomic E-state index is 15.2. The Balaban J connectivity index is 0.000000873. The van der Waals surface area contributed by atoms with Crippen LogP contribution >= 0.6 is 12.1 Å². The summed E-state index contributed by atoms with van der Waals surface area (Å²) in [6, 6.07) is 15.0. The fourth-order valence-corrected chi connectivity index (χ4v) is 10.0. The molecule has 5 fully saturated rings. The number of hydrogen-bond donors (Lipinski definition) is 3. The summed E-state index contributed by atoms with van der Waals surface area (Å²) in [4.78, 5) is 18.7. The van der Waals surface area contributed by atoms with E-state index in [0.29, 0.717) is 45.4 Å². The minimum atomic E-state index is -0.395. The molecule has 1 aromatic heterocycles. The van der Waals surface area contributed by atoms with Crippen molar-refractivity contribution in [2.75, 3.05) is 49.9 Å². The highest BCUT2D eigenvalue weighted by Gasteiger charge is 2.55. The summed E-state index contributed by atoms with van der Waals surface area (Å²) in [5.41, 5.74) is 20.5. The maximum absolute atomic E-state index is 15.2. The lowest BCUT2D eigenvalue weighted by atomic mass is 9.55.